The highest BCUT2D eigenvalue weighted by Gasteiger charge is 2.30. The van der Waals surface area contributed by atoms with Crippen molar-refractivity contribution >= 4 is 16.7 Å². The molecule has 1 saturated heterocycles. The Labute approximate surface area is 116 Å². The van der Waals surface area contributed by atoms with Crippen LogP contribution in [-0.4, -0.2) is 37.8 Å². The number of aromatic nitrogens is 5. The zero-order valence-electron chi connectivity index (χ0n) is 11.1. The lowest BCUT2D eigenvalue weighted by molar-refractivity contribution is 0.366. The van der Waals surface area contributed by atoms with Crippen LogP contribution in [0.15, 0.2) is 36.9 Å². The van der Waals surface area contributed by atoms with Crippen LogP contribution in [0.4, 0.5) is 5.82 Å². The predicted molar refractivity (Wildman–Crippen MR) is 75.5 cm³/mol. The summed E-state index contributed by atoms with van der Waals surface area (Å²) in [6.07, 6.45) is 7.40. The summed E-state index contributed by atoms with van der Waals surface area (Å²) in [5.41, 5.74) is 0.900. The SMILES string of the molecule is Cc1nc(N2CC(n3cccn3)C2)c2ccncc2n1. The molecule has 1 fully saturated rings. The van der Waals surface area contributed by atoms with Crippen LogP contribution in [0.25, 0.3) is 10.9 Å². The molecule has 4 heterocycles. The van der Waals surface area contributed by atoms with E-state index in [1.165, 1.54) is 0 Å². The third-order valence-corrected chi connectivity index (χ3v) is 3.65. The van der Waals surface area contributed by atoms with Crippen LogP contribution in [-0.2, 0) is 0 Å². The van der Waals surface area contributed by atoms with Gasteiger partial charge in [0.15, 0.2) is 0 Å². The molecule has 100 valence electrons. The van der Waals surface area contributed by atoms with E-state index >= 15 is 0 Å². The van der Waals surface area contributed by atoms with Gasteiger partial charge in [0.05, 0.1) is 17.8 Å². The zero-order valence-corrected chi connectivity index (χ0v) is 11.1. The van der Waals surface area contributed by atoms with Crippen LogP contribution >= 0.6 is 0 Å². The van der Waals surface area contributed by atoms with Gasteiger partial charge in [-0.05, 0) is 19.1 Å². The average Bonchev–Trinajstić information content (AvgIpc) is 2.90. The van der Waals surface area contributed by atoms with E-state index in [1.807, 2.05) is 36.1 Å². The van der Waals surface area contributed by atoms with Crippen molar-refractivity contribution in [1.82, 2.24) is 24.7 Å². The monoisotopic (exact) mass is 266 g/mol. The molecule has 6 heteroatoms. The first-order valence-corrected chi connectivity index (χ1v) is 6.64. The highest BCUT2D eigenvalue weighted by molar-refractivity contribution is 5.89. The smallest absolute Gasteiger partial charge is 0.140 e. The molecule has 3 aromatic rings. The van der Waals surface area contributed by atoms with Crippen LogP contribution in [0.1, 0.15) is 11.9 Å². The van der Waals surface area contributed by atoms with E-state index in [2.05, 4.69) is 25.0 Å². The lowest BCUT2D eigenvalue weighted by Crippen LogP contribution is -2.48. The Balaban J connectivity index is 1.67. The Bertz CT molecular complexity index is 745. The van der Waals surface area contributed by atoms with E-state index in [4.69, 9.17) is 0 Å². The Kier molecular flexibility index (Phi) is 2.42. The molecule has 0 atom stereocenters. The third-order valence-electron chi connectivity index (χ3n) is 3.65. The Morgan fingerprint density at radius 2 is 2.10 bits per heavy atom. The van der Waals surface area contributed by atoms with E-state index in [9.17, 15) is 0 Å². The van der Waals surface area contributed by atoms with Gasteiger partial charge in [0.1, 0.15) is 11.6 Å². The molecular formula is C14H14N6. The fourth-order valence-electron chi connectivity index (χ4n) is 2.61. The van der Waals surface area contributed by atoms with Gasteiger partial charge in [-0.15, -0.1) is 0 Å². The molecule has 0 saturated carbocycles. The quantitative estimate of drug-likeness (QED) is 0.705. The predicted octanol–water partition coefficient (Wildman–Crippen LogP) is 1.59. The van der Waals surface area contributed by atoms with Crippen molar-refractivity contribution in [3.8, 4) is 0 Å². The second-order valence-electron chi connectivity index (χ2n) is 5.03. The molecule has 0 bridgehead atoms. The van der Waals surface area contributed by atoms with Crippen molar-refractivity contribution in [3.63, 3.8) is 0 Å². The third kappa shape index (κ3) is 1.72. The number of hydrogen-bond acceptors (Lipinski definition) is 5. The lowest BCUT2D eigenvalue weighted by Gasteiger charge is -2.40. The molecule has 1 aliphatic rings. The zero-order chi connectivity index (χ0) is 13.5. The van der Waals surface area contributed by atoms with Crippen molar-refractivity contribution in [1.29, 1.82) is 0 Å². The maximum absolute atomic E-state index is 4.60. The molecule has 1 aliphatic heterocycles. The summed E-state index contributed by atoms with van der Waals surface area (Å²) in [5, 5.41) is 5.35. The van der Waals surface area contributed by atoms with Crippen LogP contribution in [0.2, 0.25) is 0 Å². The topological polar surface area (TPSA) is 59.7 Å². The standard InChI is InChI=1S/C14H14N6/c1-10-17-13-7-15-5-3-12(13)14(18-10)19-8-11(9-19)20-6-2-4-16-20/h2-7,11H,8-9H2,1H3. The van der Waals surface area contributed by atoms with Gasteiger partial charge < -0.3 is 4.90 Å². The molecule has 0 N–H and O–H groups in total. The summed E-state index contributed by atoms with van der Waals surface area (Å²) in [5.74, 6) is 1.78. The van der Waals surface area contributed by atoms with E-state index in [0.29, 0.717) is 6.04 Å². The molecular weight excluding hydrogens is 252 g/mol. The first kappa shape index (κ1) is 11.3. The van der Waals surface area contributed by atoms with E-state index < -0.39 is 0 Å². The van der Waals surface area contributed by atoms with Crippen molar-refractivity contribution in [2.24, 2.45) is 0 Å². The largest absolute Gasteiger partial charge is 0.352 e. The van der Waals surface area contributed by atoms with E-state index in [1.54, 1.807) is 12.4 Å². The van der Waals surface area contributed by atoms with Crippen molar-refractivity contribution < 1.29 is 0 Å². The normalized spacial score (nSPS) is 15.6. The van der Waals surface area contributed by atoms with Crippen LogP contribution in [0, 0.1) is 6.92 Å². The van der Waals surface area contributed by atoms with Crippen molar-refractivity contribution in [2.75, 3.05) is 18.0 Å². The van der Waals surface area contributed by atoms with Gasteiger partial charge >= 0.3 is 0 Å². The summed E-state index contributed by atoms with van der Waals surface area (Å²) >= 11 is 0. The number of hydrogen-bond donors (Lipinski definition) is 0. The van der Waals surface area contributed by atoms with E-state index in [0.717, 1.165) is 35.6 Å². The summed E-state index contributed by atoms with van der Waals surface area (Å²) in [7, 11) is 0. The summed E-state index contributed by atoms with van der Waals surface area (Å²) in [6, 6.07) is 4.36. The highest BCUT2D eigenvalue weighted by Crippen LogP contribution is 2.30. The second kappa shape index (κ2) is 4.26. The molecule has 20 heavy (non-hydrogen) atoms. The van der Waals surface area contributed by atoms with Crippen molar-refractivity contribution in [3.05, 3.63) is 42.7 Å². The second-order valence-corrected chi connectivity index (χ2v) is 5.03. The number of anilines is 1. The van der Waals surface area contributed by atoms with Gasteiger partial charge in [0.25, 0.3) is 0 Å². The minimum Gasteiger partial charge on any atom is -0.352 e. The summed E-state index contributed by atoms with van der Waals surface area (Å²) in [4.78, 5) is 15.4. The Hall–Kier alpha value is -2.50. The Morgan fingerprint density at radius 1 is 1.20 bits per heavy atom. The lowest BCUT2D eigenvalue weighted by atomic mass is 10.1. The van der Waals surface area contributed by atoms with Crippen LogP contribution < -0.4 is 4.90 Å². The fraction of sp³-hybridized carbons (Fsp3) is 0.286. The summed E-state index contributed by atoms with van der Waals surface area (Å²) in [6.45, 7) is 3.77. The van der Waals surface area contributed by atoms with Crippen molar-refractivity contribution in [2.45, 2.75) is 13.0 Å². The molecule has 3 aromatic heterocycles. The number of pyridine rings is 1. The first-order chi connectivity index (χ1) is 9.81. The van der Waals surface area contributed by atoms with E-state index in [-0.39, 0.29) is 0 Å². The first-order valence-electron chi connectivity index (χ1n) is 6.64. The molecule has 0 unspecified atom stereocenters. The number of aryl methyl sites for hydroxylation is 1. The number of fused-ring (bicyclic) bond motifs is 1. The molecule has 0 radical (unpaired) electrons. The van der Waals surface area contributed by atoms with Gasteiger partial charge in [0, 0.05) is 37.1 Å². The maximum atomic E-state index is 4.60. The molecule has 4 rings (SSSR count). The minimum absolute atomic E-state index is 0.428. The van der Waals surface area contributed by atoms with Gasteiger partial charge in [-0.25, -0.2) is 9.97 Å². The van der Waals surface area contributed by atoms with Gasteiger partial charge in [-0.3, -0.25) is 9.67 Å². The molecule has 0 aromatic carbocycles. The number of rotatable bonds is 2. The van der Waals surface area contributed by atoms with Crippen LogP contribution in [0.5, 0.6) is 0 Å². The average molecular weight is 266 g/mol. The number of nitrogens with zero attached hydrogens (tertiary/aromatic N) is 6. The van der Waals surface area contributed by atoms with Gasteiger partial charge in [-0.2, -0.15) is 5.10 Å². The summed E-state index contributed by atoms with van der Waals surface area (Å²) < 4.78 is 2.01. The Morgan fingerprint density at radius 3 is 2.90 bits per heavy atom. The molecule has 0 spiro atoms. The molecule has 0 amide bonds. The van der Waals surface area contributed by atoms with Gasteiger partial charge in [-0.1, -0.05) is 0 Å². The highest BCUT2D eigenvalue weighted by atomic mass is 15.4. The molecule has 6 nitrogen and oxygen atoms in total. The molecule has 0 aliphatic carbocycles. The minimum atomic E-state index is 0.428. The van der Waals surface area contributed by atoms with Gasteiger partial charge in [0.2, 0.25) is 0 Å². The van der Waals surface area contributed by atoms with Crippen LogP contribution in [0.3, 0.4) is 0 Å². The fourth-order valence-corrected chi connectivity index (χ4v) is 2.61. The maximum Gasteiger partial charge on any atom is 0.140 e.